The molecule has 2 N–H and O–H groups in total. The van der Waals surface area contributed by atoms with Gasteiger partial charge in [-0.05, 0) is 47.6 Å². The summed E-state index contributed by atoms with van der Waals surface area (Å²) in [4.78, 5) is 26.4. The van der Waals surface area contributed by atoms with Crippen LogP contribution in [0.3, 0.4) is 0 Å². The lowest BCUT2D eigenvalue weighted by molar-refractivity contribution is -0.132. The lowest BCUT2D eigenvalue weighted by Crippen LogP contribution is -2.37. The van der Waals surface area contributed by atoms with E-state index < -0.39 is 0 Å². The van der Waals surface area contributed by atoms with Gasteiger partial charge in [0.25, 0.3) is 0 Å². The minimum atomic E-state index is -0.229. The molecule has 1 aliphatic rings. The van der Waals surface area contributed by atoms with Crippen LogP contribution in [0.5, 0.6) is 5.75 Å². The number of amides is 3. The standard InChI is InChI=1S/C25H33N3O3/c1-19(2)18-31-23-10-5-7-20(15-23)16-27-25(30)26-13-6-11-24(29)28-14-12-21-8-3-4-9-22(21)17-28/h3-5,7-10,15,19H,6,11-14,16-18H2,1-2H3,(H2,26,27,30). The number of fused-ring (bicyclic) bond motifs is 1. The predicted octanol–water partition coefficient (Wildman–Crippen LogP) is 3.89. The highest BCUT2D eigenvalue weighted by Gasteiger charge is 2.19. The van der Waals surface area contributed by atoms with E-state index in [0.717, 1.165) is 24.3 Å². The molecule has 6 nitrogen and oxygen atoms in total. The van der Waals surface area contributed by atoms with Gasteiger partial charge in [-0.2, -0.15) is 0 Å². The number of rotatable bonds is 9. The third-order valence-electron chi connectivity index (χ3n) is 5.27. The zero-order chi connectivity index (χ0) is 22.1. The Morgan fingerprint density at radius 1 is 1.06 bits per heavy atom. The molecule has 1 heterocycles. The molecule has 3 rings (SSSR count). The fourth-order valence-corrected chi connectivity index (χ4v) is 3.56. The van der Waals surface area contributed by atoms with Crippen molar-refractivity contribution in [1.29, 1.82) is 0 Å². The number of hydrogen-bond donors (Lipinski definition) is 2. The van der Waals surface area contributed by atoms with Gasteiger partial charge in [0.1, 0.15) is 5.75 Å². The van der Waals surface area contributed by atoms with Crippen LogP contribution in [-0.4, -0.2) is 36.5 Å². The van der Waals surface area contributed by atoms with Crippen LogP contribution in [0.4, 0.5) is 4.79 Å². The molecule has 1 aliphatic heterocycles. The second kappa shape index (κ2) is 11.4. The molecule has 0 aromatic heterocycles. The average molecular weight is 424 g/mol. The zero-order valence-electron chi connectivity index (χ0n) is 18.5. The maximum atomic E-state index is 12.5. The van der Waals surface area contributed by atoms with Gasteiger partial charge in [-0.3, -0.25) is 4.79 Å². The van der Waals surface area contributed by atoms with Crippen molar-refractivity contribution in [3.63, 3.8) is 0 Å². The third-order valence-corrected chi connectivity index (χ3v) is 5.27. The monoisotopic (exact) mass is 423 g/mol. The predicted molar refractivity (Wildman–Crippen MR) is 122 cm³/mol. The van der Waals surface area contributed by atoms with Crippen LogP contribution in [0.2, 0.25) is 0 Å². The number of carbonyl (C=O) groups excluding carboxylic acids is 2. The normalized spacial score (nSPS) is 12.9. The van der Waals surface area contributed by atoms with Crippen molar-refractivity contribution in [2.75, 3.05) is 19.7 Å². The van der Waals surface area contributed by atoms with E-state index in [2.05, 4.69) is 36.6 Å². The van der Waals surface area contributed by atoms with Gasteiger partial charge in [0.2, 0.25) is 5.91 Å². The summed E-state index contributed by atoms with van der Waals surface area (Å²) in [6.45, 7) is 7.23. The maximum Gasteiger partial charge on any atom is 0.315 e. The summed E-state index contributed by atoms with van der Waals surface area (Å²) in [5, 5.41) is 5.68. The minimum Gasteiger partial charge on any atom is -0.493 e. The first-order chi connectivity index (χ1) is 15.0. The summed E-state index contributed by atoms with van der Waals surface area (Å²) in [5.41, 5.74) is 3.55. The zero-order valence-corrected chi connectivity index (χ0v) is 18.5. The molecule has 166 valence electrons. The van der Waals surface area contributed by atoms with Gasteiger partial charge in [-0.25, -0.2) is 4.79 Å². The van der Waals surface area contributed by atoms with Gasteiger partial charge >= 0.3 is 6.03 Å². The summed E-state index contributed by atoms with van der Waals surface area (Å²) in [6, 6.07) is 15.8. The van der Waals surface area contributed by atoms with Crippen molar-refractivity contribution in [1.82, 2.24) is 15.5 Å². The van der Waals surface area contributed by atoms with E-state index in [9.17, 15) is 9.59 Å². The van der Waals surface area contributed by atoms with Gasteiger partial charge in [0.15, 0.2) is 0 Å². The lowest BCUT2D eigenvalue weighted by atomic mass is 9.99. The van der Waals surface area contributed by atoms with E-state index in [-0.39, 0.29) is 11.9 Å². The number of carbonyl (C=O) groups is 2. The molecule has 31 heavy (non-hydrogen) atoms. The average Bonchev–Trinajstić information content (AvgIpc) is 2.79. The Hall–Kier alpha value is -3.02. The molecule has 0 radical (unpaired) electrons. The van der Waals surface area contributed by atoms with E-state index in [4.69, 9.17) is 4.74 Å². The summed E-state index contributed by atoms with van der Waals surface area (Å²) >= 11 is 0. The highest BCUT2D eigenvalue weighted by molar-refractivity contribution is 5.77. The summed E-state index contributed by atoms with van der Waals surface area (Å²) in [6.07, 6.45) is 1.98. The number of ether oxygens (including phenoxy) is 1. The fraction of sp³-hybridized carbons (Fsp3) is 0.440. The van der Waals surface area contributed by atoms with Crippen LogP contribution in [0.15, 0.2) is 48.5 Å². The molecule has 2 aromatic carbocycles. The number of hydrogen-bond acceptors (Lipinski definition) is 3. The topological polar surface area (TPSA) is 70.7 Å². The van der Waals surface area contributed by atoms with Crippen molar-refractivity contribution in [2.24, 2.45) is 5.92 Å². The highest BCUT2D eigenvalue weighted by atomic mass is 16.5. The second-order valence-electron chi connectivity index (χ2n) is 8.40. The molecule has 0 bridgehead atoms. The molecule has 0 fully saturated rings. The van der Waals surface area contributed by atoms with Crippen LogP contribution < -0.4 is 15.4 Å². The van der Waals surface area contributed by atoms with E-state index in [1.54, 1.807) is 0 Å². The molecule has 0 atom stereocenters. The second-order valence-corrected chi connectivity index (χ2v) is 8.40. The van der Waals surface area contributed by atoms with Gasteiger partial charge in [0, 0.05) is 32.6 Å². The Labute approximate surface area is 185 Å². The van der Waals surface area contributed by atoms with Gasteiger partial charge in [0.05, 0.1) is 6.61 Å². The van der Waals surface area contributed by atoms with E-state index in [0.29, 0.717) is 45.0 Å². The Kier molecular flexibility index (Phi) is 8.33. The van der Waals surface area contributed by atoms with E-state index >= 15 is 0 Å². The maximum absolute atomic E-state index is 12.5. The molecule has 6 heteroatoms. The third kappa shape index (κ3) is 7.31. The van der Waals surface area contributed by atoms with Crippen molar-refractivity contribution >= 4 is 11.9 Å². The molecular weight excluding hydrogens is 390 g/mol. The van der Waals surface area contributed by atoms with E-state index in [1.165, 1.54) is 11.1 Å². The quantitative estimate of drug-likeness (QED) is 0.601. The SMILES string of the molecule is CC(C)COc1cccc(CNC(=O)NCCCC(=O)N2CCc3ccccc3C2)c1. The lowest BCUT2D eigenvalue weighted by Gasteiger charge is -2.29. The van der Waals surface area contributed by atoms with Crippen LogP contribution in [-0.2, 0) is 24.3 Å². The molecule has 0 aliphatic carbocycles. The van der Waals surface area contributed by atoms with Crippen LogP contribution in [0.25, 0.3) is 0 Å². The number of nitrogens with one attached hydrogen (secondary N) is 2. The van der Waals surface area contributed by atoms with Gasteiger partial charge in [-0.15, -0.1) is 0 Å². The fourth-order valence-electron chi connectivity index (χ4n) is 3.56. The number of benzene rings is 2. The Morgan fingerprint density at radius 2 is 1.87 bits per heavy atom. The first-order valence-electron chi connectivity index (χ1n) is 11.1. The van der Waals surface area contributed by atoms with E-state index in [1.807, 2.05) is 41.3 Å². The molecule has 0 saturated heterocycles. The Balaban J connectivity index is 1.32. The smallest absolute Gasteiger partial charge is 0.315 e. The molecule has 2 aromatic rings. The van der Waals surface area contributed by atoms with Gasteiger partial charge < -0.3 is 20.3 Å². The molecule has 3 amide bonds. The van der Waals surface area contributed by atoms with Gasteiger partial charge in [-0.1, -0.05) is 50.2 Å². The van der Waals surface area contributed by atoms with Crippen LogP contribution >= 0.6 is 0 Å². The molecular formula is C25H33N3O3. The van der Waals surface area contributed by atoms with Crippen LogP contribution in [0, 0.1) is 5.92 Å². The highest BCUT2D eigenvalue weighted by Crippen LogP contribution is 2.19. The van der Waals surface area contributed by atoms with Crippen molar-refractivity contribution in [3.8, 4) is 5.75 Å². The Morgan fingerprint density at radius 3 is 2.68 bits per heavy atom. The largest absolute Gasteiger partial charge is 0.493 e. The number of urea groups is 1. The Bertz CT molecular complexity index is 882. The van der Waals surface area contributed by atoms with Crippen molar-refractivity contribution in [3.05, 3.63) is 65.2 Å². The molecule has 0 saturated carbocycles. The summed E-state index contributed by atoms with van der Waals surface area (Å²) in [5.74, 6) is 1.42. The van der Waals surface area contributed by atoms with Crippen molar-refractivity contribution in [2.45, 2.75) is 46.2 Å². The van der Waals surface area contributed by atoms with Crippen molar-refractivity contribution < 1.29 is 14.3 Å². The molecule has 0 unspecified atom stereocenters. The van der Waals surface area contributed by atoms with Crippen LogP contribution in [0.1, 0.15) is 43.4 Å². The summed E-state index contributed by atoms with van der Waals surface area (Å²) in [7, 11) is 0. The molecule has 0 spiro atoms. The minimum absolute atomic E-state index is 0.148. The number of nitrogens with zero attached hydrogens (tertiary/aromatic N) is 1. The first kappa shape index (κ1) is 22.7. The first-order valence-corrected chi connectivity index (χ1v) is 11.1. The summed E-state index contributed by atoms with van der Waals surface area (Å²) < 4.78 is 5.72.